The Morgan fingerprint density at radius 1 is 1.32 bits per heavy atom. The Kier molecular flexibility index (Phi) is 3.54. The predicted octanol–water partition coefficient (Wildman–Crippen LogP) is 2.42. The standard InChI is InChI=1S/C16H21N3O3/c1-16(2,3)22-15(21)19-11-8-10(11)9-12(19)14(20)18-13-6-4-5-7-17-13/h4-7,10-12H,8-9H2,1-3H3,(H,17,18,20). The number of pyridine rings is 1. The molecule has 0 bridgehead atoms. The van der Waals surface area contributed by atoms with Crippen LogP contribution in [0.5, 0.6) is 0 Å². The van der Waals surface area contributed by atoms with Crippen LogP contribution in [0.4, 0.5) is 10.6 Å². The summed E-state index contributed by atoms with van der Waals surface area (Å²) in [5.74, 6) is 0.723. The molecule has 1 aromatic rings. The summed E-state index contributed by atoms with van der Waals surface area (Å²) in [7, 11) is 0. The number of hydrogen-bond donors (Lipinski definition) is 1. The van der Waals surface area contributed by atoms with E-state index in [1.54, 1.807) is 29.3 Å². The summed E-state index contributed by atoms with van der Waals surface area (Å²) >= 11 is 0. The quantitative estimate of drug-likeness (QED) is 0.910. The lowest BCUT2D eigenvalue weighted by Crippen LogP contribution is -2.47. The summed E-state index contributed by atoms with van der Waals surface area (Å²) in [6.07, 6.45) is 2.88. The van der Waals surface area contributed by atoms with Crippen LogP contribution >= 0.6 is 0 Å². The first-order valence-corrected chi connectivity index (χ1v) is 7.58. The van der Waals surface area contributed by atoms with Crippen molar-refractivity contribution in [3.05, 3.63) is 24.4 Å². The topological polar surface area (TPSA) is 71.5 Å². The predicted molar refractivity (Wildman–Crippen MR) is 81.2 cm³/mol. The Labute approximate surface area is 129 Å². The Morgan fingerprint density at radius 2 is 2.09 bits per heavy atom. The number of piperidine rings is 1. The average molecular weight is 303 g/mol. The van der Waals surface area contributed by atoms with Gasteiger partial charge < -0.3 is 10.1 Å². The molecule has 118 valence electrons. The van der Waals surface area contributed by atoms with Crippen molar-refractivity contribution in [2.45, 2.75) is 51.3 Å². The van der Waals surface area contributed by atoms with Gasteiger partial charge in [0.1, 0.15) is 17.5 Å². The van der Waals surface area contributed by atoms with Crippen LogP contribution < -0.4 is 5.32 Å². The van der Waals surface area contributed by atoms with Crippen LogP contribution in [0, 0.1) is 5.92 Å². The molecule has 6 nitrogen and oxygen atoms in total. The molecule has 1 aliphatic heterocycles. The van der Waals surface area contributed by atoms with Gasteiger partial charge in [-0.15, -0.1) is 0 Å². The van der Waals surface area contributed by atoms with Gasteiger partial charge in [0.2, 0.25) is 5.91 Å². The summed E-state index contributed by atoms with van der Waals surface area (Å²) in [6.45, 7) is 5.48. The van der Waals surface area contributed by atoms with E-state index in [0.717, 1.165) is 6.42 Å². The minimum Gasteiger partial charge on any atom is -0.444 e. The van der Waals surface area contributed by atoms with Crippen molar-refractivity contribution < 1.29 is 14.3 Å². The summed E-state index contributed by atoms with van der Waals surface area (Å²) in [6, 6.07) is 4.99. The lowest BCUT2D eigenvalue weighted by atomic mass is 10.1. The van der Waals surface area contributed by atoms with Crippen molar-refractivity contribution in [2.24, 2.45) is 5.92 Å². The number of rotatable bonds is 2. The maximum Gasteiger partial charge on any atom is 0.411 e. The van der Waals surface area contributed by atoms with Crippen molar-refractivity contribution in [3.63, 3.8) is 0 Å². The monoisotopic (exact) mass is 303 g/mol. The van der Waals surface area contributed by atoms with E-state index in [1.165, 1.54) is 0 Å². The molecule has 1 aromatic heterocycles. The number of aromatic nitrogens is 1. The Bertz CT molecular complexity index is 582. The normalized spacial score (nSPS) is 26.3. The number of hydrogen-bond acceptors (Lipinski definition) is 4. The zero-order chi connectivity index (χ0) is 15.9. The van der Waals surface area contributed by atoms with Gasteiger partial charge in [-0.2, -0.15) is 0 Å². The van der Waals surface area contributed by atoms with Gasteiger partial charge in [-0.1, -0.05) is 6.07 Å². The maximum atomic E-state index is 12.5. The fraction of sp³-hybridized carbons (Fsp3) is 0.562. The minimum atomic E-state index is -0.563. The molecular weight excluding hydrogens is 282 g/mol. The highest BCUT2D eigenvalue weighted by molar-refractivity contribution is 5.96. The summed E-state index contributed by atoms with van der Waals surface area (Å²) in [5.41, 5.74) is -0.563. The molecule has 1 saturated heterocycles. The SMILES string of the molecule is CC(C)(C)OC(=O)N1C(C(=O)Nc2ccccn2)CC2CC21. The molecule has 2 aliphatic rings. The third-order valence-electron chi connectivity index (χ3n) is 3.93. The minimum absolute atomic E-state index is 0.148. The summed E-state index contributed by atoms with van der Waals surface area (Å²) < 4.78 is 5.44. The molecule has 3 rings (SSSR count). The van der Waals surface area contributed by atoms with E-state index in [0.29, 0.717) is 18.2 Å². The molecule has 1 N–H and O–H groups in total. The van der Waals surface area contributed by atoms with E-state index < -0.39 is 17.7 Å². The highest BCUT2D eigenvalue weighted by atomic mass is 16.6. The number of likely N-dealkylation sites (tertiary alicyclic amines) is 1. The molecule has 0 aromatic carbocycles. The Hall–Kier alpha value is -2.11. The fourth-order valence-corrected chi connectivity index (χ4v) is 2.91. The first kappa shape index (κ1) is 14.8. The van der Waals surface area contributed by atoms with Crippen molar-refractivity contribution in [2.75, 3.05) is 5.32 Å². The molecular formula is C16H21N3O3. The van der Waals surface area contributed by atoms with E-state index in [9.17, 15) is 9.59 Å². The molecule has 2 fully saturated rings. The van der Waals surface area contributed by atoms with Crippen LogP contribution in [0.15, 0.2) is 24.4 Å². The van der Waals surface area contributed by atoms with Crippen LogP contribution in [-0.4, -0.2) is 39.6 Å². The van der Waals surface area contributed by atoms with Gasteiger partial charge in [0.15, 0.2) is 0 Å². The van der Waals surface area contributed by atoms with Gasteiger partial charge in [-0.3, -0.25) is 9.69 Å². The number of carbonyl (C=O) groups is 2. The van der Waals surface area contributed by atoms with E-state index in [4.69, 9.17) is 4.74 Å². The highest BCUT2D eigenvalue weighted by Gasteiger charge is 2.57. The largest absolute Gasteiger partial charge is 0.444 e. The first-order valence-electron chi connectivity index (χ1n) is 7.58. The first-order chi connectivity index (χ1) is 10.3. The Morgan fingerprint density at radius 3 is 2.73 bits per heavy atom. The van der Waals surface area contributed by atoms with E-state index in [-0.39, 0.29) is 11.9 Å². The number of amides is 2. The second kappa shape index (κ2) is 5.26. The zero-order valence-electron chi connectivity index (χ0n) is 13.1. The molecule has 2 heterocycles. The van der Waals surface area contributed by atoms with Crippen LogP contribution in [-0.2, 0) is 9.53 Å². The van der Waals surface area contributed by atoms with E-state index in [2.05, 4.69) is 10.3 Å². The number of anilines is 1. The van der Waals surface area contributed by atoms with Crippen molar-refractivity contribution in [1.29, 1.82) is 0 Å². The van der Waals surface area contributed by atoms with Gasteiger partial charge in [-0.25, -0.2) is 9.78 Å². The van der Waals surface area contributed by atoms with Crippen LogP contribution in [0.2, 0.25) is 0 Å². The van der Waals surface area contributed by atoms with E-state index >= 15 is 0 Å². The van der Waals surface area contributed by atoms with Crippen LogP contribution in [0.1, 0.15) is 33.6 Å². The van der Waals surface area contributed by atoms with Gasteiger partial charge in [0.05, 0.1) is 0 Å². The second-order valence-corrected chi connectivity index (χ2v) is 6.91. The fourth-order valence-electron chi connectivity index (χ4n) is 2.91. The summed E-state index contributed by atoms with van der Waals surface area (Å²) in [5, 5.41) is 2.77. The molecule has 0 spiro atoms. The third kappa shape index (κ3) is 3.05. The van der Waals surface area contributed by atoms with Crippen molar-refractivity contribution in [1.82, 2.24) is 9.88 Å². The van der Waals surface area contributed by atoms with Crippen LogP contribution in [0.25, 0.3) is 0 Å². The highest BCUT2D eigenvalue weighted by Crippen LogP contribution is 2.48. The van der Waals surface area contributed by atoms with Crippen molar-refractivity contribution >= 4 is 17.8 Å². The molecule has 1 saturated carbocycles. The average Bonchev–Trinajstić information content (AvgIpc) is 3.08. The summed E-state index contributed by atoms with van der Waals surface area (Å²) in [4.78, 5) is 30.5. The maximum absolute atomic E-state index is 12.5. The van der Waals surface area contributed by atoms with Gasteiger partial charge in [0.25, 0.3) is 0 Å². The number of fused-ring (bicyclic) bond motifs is 1. The lowest BCUT2D eigenvalue weighted by molar-refractivity contribution is -0.121. The zero-order valence-corrected chi connectivity index (χ0v) is 13.1. The molecule has 0 radical (unpaired) electrons. The number of nitrogens with zero attached hydrogens (tertiary/aromatic N) is 2. The molecule has 6 heteroatoms. The molecule has 3 atom stereocenters. The van der Waals surface area contributed by atoms with Gasteiger partial charge >= 0.3 is 6.09 Å². The lowest BCUT2D eigenvalue weighted by Gasteiger charge is -2.29. The number of ether oxygens (including phenoxy) is 1. The molecule has 3 unspecified atom stereocenters. The smallest absolute Gasteiger partial charge is 0.411 e. The van der Waals surface area contributed by atoms with E-state index in [1.807, 2.05) is 20.8 Å². The van der Waals surface area contributed by atoms with Gasteiger partial charge in [-0.05, 0) is 51.7 Å². The molecule has 2 amide bonds. The third-order valence-corrected chi connectivity index (χ3v) is 3.93. The number of nitrogens with one attached hydrogen (secondary N) is 1. The van der Waals surface area contributed by atoms with Crippen LogP contribution in [0.3, 0.4) is 0 Å². The molecule has 22 heavy (non-hydrogen) atoms. The Balaban J connectivity index is 1.70. The van der Waals surface area contributed by atoms with Crippen molar-refractivity contribution in [3.8, 4) is 0 Å². The number of carbonyl (C=O) groups excluding carboxylic acids is 2. The second-order valence-electron chi connectivity index (χ2n) is 6.91. The molecule has 1 aliphatic carbocycles. The van der Waals surface area contributed by atoms with Gasteiger partial charge in [0, 0.05) is 12.2 Å².